The third-order valence-corrected chi connectivity index (χ3v) is 6.20. The molecule has 31 heavy (non-hydrogen) atoms. The second-order valence-corrected chi connectivity index (χ2v) is 9.20. The zero-order valence-corrected chi connectivity index (χ0v) is 18.6. The molecule has 3 aliphatic rings. The van der Waals surface area contributed by atoms with Gasteiger partial charge < -0.3 is 24.1 Å². The average Bonchev–Trinajstić information content (AvgIpc) is 3.09. The second-order valence-electron chi connectivity index (χ2n) is 9.20. The summed E-state index contributed by atoms with van der Waals surface area (Å²) in [5.74, 6) is 3.25. The number of ether oxygens (including phenoxy) is 4. The van der Waals surface area contributed by atoms with Crippen LogP contribution in [0.2, 0.25) is 0 Å². The van der Waals surface area contributed by atoms with Gasteiger partial charge >= 0.3 is 0 Å². The molecular formula is C26H28O5. The lowest BCUT2D eigenvalue weighted by atomic mass is 9.86. The van der Waals surface area contributed by atoms with Crippen LogP contribution in [0.15, 0.2) is 35.9 Å². The maximum Gasteiger partial charge on any atom is 0.141 e. The van der Waals surface area contributed by atoms with Gasteiger partial charge in [-0.3, -0.25) is 0 Å². The highest BCUT2D eigenvalue weighted by Crippen LogP contribution is 2.58. The largest absolute Gasteiger partial charge is 0.508 e. The highest BCUT2D eigenvalue weighted by Gasteiger charge is 2.45. The number of aromatic hydroxyl groups is 1. The summed E-state index contributed by atoms with van der Waals surface area (Å²) in [5.41, 5.74) is 4.49. The maximum atomic E-state index is 10.5. The Labute approximate surface area is 182 Å². The van der Waals surface area contributed by atoms with Gasteiger partial charge in [-0.1, -0.05) is 17.7 Å². The van der Waals surface area contributed by atoms with Crippen LogP contribution >= 0.6 is 0 Å². The summed E-state index contributed by atoms with van der Waals surface area (Å²) in [6.07, 6.45) is 6.57. The van der Waals surface area contributed by atoms with E-state index in [-0.39, 0.29) is 23.4 Å². The van der Waals surface area contributed by atoms with E-state index in [4.69, 9.17) is 18.9 Å². The summed E-state index contributed by atoms with van der Waals surface area (Å²) >= 11 is 0. The maximum absolute atomic E-state index is 10.5. The van der Waals surface area contributed by atoms with Crippen molar-refractivity contribution in [2.45, 2.75) is 51.7 Å². The molecule has 0 spiro atoms. The van der Waals surface area contributed by atoms with Crippen LogP contribution in [0, 0.1) is 0 Å². The minimum atomic E-state index is -0.388. The van der Waals surface area contributed by atoms with E-state index in [1.165, 1.54) is 5.57 Å². The molecule has 0 unspecified atom stereocenters. The van der Waals surface area contributed by atoms with Crippen LogP contribution in [0.4, 0.5) is 0 Å². The molecule has 0 fully saturated rings. The molecule has 5 heteroatoms. The van der Waals surface area contributed by atoms with Crippen LogP contribution in [-0.2, 0) is 6.42 Å². The van der Waals surface area contributed by atoms with Gasteiger partial charge in [0.1, 0.15) is 40.5 Å². The Balaban J connectivity index is 1.62. The Morgan fingerprint density at radius 2 is 2.06 bits per heavy atom. The number of phenolic OH excluding ortho intramolecular Hbond substituents is 1. The highest BCUT2D eigenvalue weighted by atomic mass is 16.5. The van der Waals surface area contributed by atoms with Crippen molar-refractivity contribution in [1.82, 2.24) is 0 Å². The first-order valence-electron chi connectivity index (χ1n) is 10.7. The monoisotopic (exact) mass is 420 g/mol. The van der Waals surface area contributed by atoms with Crippen molar-refractivity contribution in [3.63, 3.8) is 0 Å². The number of phenols is 1. The Morgan fingerprint density at radius 1 is 1.26 bits per heavy atom. The van der Waals surface area contributed by atoms with Crippen molar-refractivity contribution >= 4 is 6.08 Å². The fraction of sp³-hybridized carbons (Fsp3) is 0.385. The van der Waals surface area contributed by atoms with Gasteiger partial charge in [0, 0.05) is 17.2 Å². The lowest BCUT2D eigenvalue weighted by Crippen LogP contribution is -2.29. The molecule has 0 bridgehead atoms. The summed E-state index contributed by atoms with van der Waals surface area (Å²) < 4.78 is 24.8. The number of hydrogen-bond donors (Lipinski definition) is 1. The third kappa shape index (κ3) is 3.14. The van der Waals surface area contributed by atoms with Crippen molar-refractivity contribution in [2.24, 2.45) is 0 Å². The Hall–Kier alpha value is -3.08. The number of allylic oxidation sites excluding steroid dienone is 2. The number of benzene rings is 2. The highest BCUT2D eigenvalue weighted by molar-refractivity contribution is 5.73. The van der Waals surface area contributed by atoms with E-state index in [0.29, 0.717) is 13.0 Å². The fourth-order valence-electron chi connectivity index (χ4n) is 4.66. The van der Waals surface area contributed by atoms with Crippen molar-refractivity contribution in [1.29, 1.82) is 0 Å². The van der Waals surface area contributed by atoms with Crippen molar-refractivity contribution in [2.75, 3.05) is 13.7 Å². The molecule has 5 nitrogen and oxygen atoms in total. The van der Waals surface area contributed by atoms with Gasteiger partial charge in [-0.05, 0) is 52.3 Å². The third-order valence-electron chi connectivity index (χ3n) is 6.20. The molecule has 0 amide bonds. The van der Waals surface area contributed by atoms with E-state index in [1.54, 1.807) is 13.2 Å². The van der Waals surface area contributed by atoms with Gasteiger partial charge in [0.15, 0.2) is 0 Å². The van der Waals surface area contributed by atoms with Gasteiger partial charge in [-0.15, -0.1) is 0 Å². The lowest BCUT2D eigenvalue weighted by Gasteiger charge is -2.34. The normalized spacial score (nSPS) is 21.5. The van der Waals surface area contributed by atoms with Gasteiger partial charge in [-0.2, -0.15) is 0 Å². The van der Waals surface area contributed by atoms with Gasteiger partial charge in [0.25, 0.3) is 0 Å². The van der Waals surface area contributed by atoms with Crippen LogP contribution in [0.3, 0.4) is 0 Å². The molecule has 0 saturated carbocycles. The molecule has 2 aromatic rings. The summed E-state index contributed by atoms with van der Waals surface area (Å²) in [6, 6.07) is 5.66. The predicted molar refractivity (Wildman–Crippen MR) is 120 cm³/mol. The first-order valence-corrected chi connectivity index (χ1v) is 10.7. The van der Waals surface area contributed by atoms with E-state index in [1.807, 2.05) is 32.1 Å². The van der Waals surface area contributed by atoms with E-state index in [2.05, 4.69) is 26.0 Å². The van der Waals surface area contributed by atoms with Crippen LogP contribution in [0.1, 0.15) is 62.0 Å². The number of hydrogen-bond acceptors (Lipinski definition) is 5. The fourth-order valence-corrected chi connectivity index (χ4v) is 4.66. The van der Waals surface area contributed by atoms with Crippen LogP contribution in [0.5, 0.6) is 28.7 Å². The molecule has 0 aromatic heterocycles. The van der Waals surface area contributed by atoms with E-state index < -0.39 is 0 Å². The molecule has 0 radical (unpaired) electrons. The summed E-state index contributed by atoms with van der Waals surface area (Å²) in [7, 11) is 1.67. The first-order chi connectivity index (χ1) is 14.8. The van der Waals surface area contributed by atoms with Gasteiger partial charge in [-0.25, -0.2) is 0 Å². The first kappa shape index (κ1) is 19.9. The van der Waals surface area contributed by atoms with Crippen molar-refractivity contribution < 1.29 is 24.1 Å². The molecule has 0 saturated heterocycles. The smallest absolute Gasteiger partial charge is 0.141 e. The second kappa shape index (κ2) is 6.98. The number of rotatable bonds is 3. The standard InChI is InChI=1S/C26H28O5/c1-14(2)6-7-16-19(27)9-8-15-18-13-29-21-12-20-17(10-11-26(3,4)31-20)24(28-5)22(21)25(18)30-23(15)16/h6,8-12,18,25,27H,7,13H2,1-5H3/t18-,25+/m0/s1. The number of methoxy groups -OCH3 is 1. The van der Waals surface area contributed by atoms with Crippen molar-refractivity contribution in [3.8, 4) is 28.7 Å². The quantitative estimate of drug-likeness (QED) is 0.645. The van der Waals surface area contributed by atoms with Crippen LogP contribution < -0.4 is 18.9 Å². The Bertz CT molecular complexity index is 1120. The Morgan fingerprint density at radius 3 is 2.81 bits per heavy atom. The molecule has 3 aliphatic heterocycles. The van der Waals surface area contributed by atoms with E-state index >= 15 is 0 Å². The topological polar surface area (TPSA) is 57.2 Å². The van der Waals surface area contributed by atoms with Crippen molar-refractivity contribution in [3.05, 3.63) is 58.2 Å². The molecule has 162 valence electrons. The summed E-state index contributed by atoms with van der Waals surface area (Å²) in [5, 5.41) is 10.5. The molecule has 1 N–H and O–H groups in total. The average molecular weight is 421 g/mol. The number of fused-ring (bicyclic) bond motifs is 6. The zero-order valence-electron chi connectivity index (χ0n) is 18.6. The lowest BCUT2D eigenvalue weighted by molar-refractivity contribution is 0.130. The van der Waals surface area contributed by atoms with E-state index in [0.717, 1.165) is 45.3 Å². The van der Waals surface area contributed by atoms with Gasteiger partial charge in [0.2, 0.25) is 0 Å². The van der Waals surface area contributed by atoms with Gasteiger partial charge in [0.05, 0.1) is 30.8 Å². The molecule has 5 rings (SSSR count). The Kier molecular flexibility index (Phi) is 4.47. The molecule has 2 atom stereocenters. The minimum Gasteiger partial charge on any atom is -0.508 e. The summed E-state index contributed by atoms with van der Waals surface area (Å²) in [4.78, 5) is 0. The minimum absolute atomic E-state index is 0.0328. The predicted octanol–water partition coefficient (Wildman–Crippen LogP) is 5.70. The molecule has 2 aromatic carbocycles. The molecule has 3 heterocycles. The molecule has 0 aliphatic carbocycles. The molecular weight excluding hydrogens is 392 g/mol. The SMILES string of the molecule is COc1c2c(cc3c1[C@@H]1Oc4c(ccc(O)c4CC=C(C)C)[C@@H]1CO3)OC(C)(C)C=C2. The summed E-state index contributed by atoms with van der Waals surface area (Å²) in [6.45, 7) is 8.64. The van der Waals surface area contributed by atoms with Crippen LogP contribution in [-0.4, -0.2) is 24.4 Å². The zero-order chi connectivity index (χ0) is 21.9. The van der Waals surface area contributed by atoms with Crippen LogP contribution in [0.25, 0.3) is 6.08 Å². The van der Waals surface area contributed by atoms with E-state index in [9.17, 15) is 5.11 Å².